The first-order chi connectivity index (χ1) is 5.70. The maximum atomic E-state index is 13.3. The van der Waals surface area contributed by atoms with Gasteiger partial charge in [-0.1, -0.05) is 19.1 Å². The Hall–Kier alpha value is -0.890. The van der Waals surface area contributed by atoms with Gasteiger partial charge in [0, 0.05) is 5.56 Å². The van der Waals surface area contributed by atoms with Crippen molar-refractivity contribution in [1.29, 1.82) is 0 Å². The van der Waals surface area contributed by atoms with Crippen LogP contribution in [0.1, 0.15) is 23.6 Å². The van der Waals surface area contributed by atoms with Crippen LogP contribution >= 0.6 is 0 Å². The molecule has 66 valence electrons. The molecule has 0 spiro atoms. The van der Waals surface area contributed by atoms with Gasteiger partial charge in [-0.2, -0.15) is 0 Å². The van der Waals surface area contributed by atoms with E-state index in [4.69, 9.17) is 5.11 Å². The molecule has 0 amide bonds. The van der Waals surface area contributed by atoms with Crippen molar-refractivity contribution in [2.45, 2.75) is 26.9 Å². The van der Waals surface area contributed by atoms with Gasteiger partial charge >= 0.3 is 0 Å². The molecule has 0 radical (unpaired) electrons. The number of aliphatic hydroxyl groups excluding tert-OH is 1. The van der Waals surface area contributed by atoms with Gasteiger partial charge in [-0.15, -0.1) is 0 Å². The Morgan fingerprint density at radius 2 is 1.92 bits per heavy atom. The summed E-state index contributed by atoms with van der Waals surface area (Å²) >= 11 is 0. The van der Waals surface area contributed by atoms with E-state index >= 15 is 0 Å². The van der Waals surface area contributed by atoms with Crippen LogP contribution in [0.4, 0.5) is 4.39 Å². The third kappa shape index (κ3) is 1.48. The van der Waals surface area contributed by atoms with Crippen molar-refractivity contribution in [2.24, 2.45) is 0 Å². The third-order valence-electron chi connectivity index (χ3n) is 2.13. The first-order valence-electron chi connectivity index (χ1n) is 4.08. The first kappa shape index (κ1) is 9.20. The fourth-order valence-corrected chi connectivity index (χ4v) is 1.29. The van der Waals surface area contributed by atoms with E-state index in [1.807, 2.05) is 13.0 Å². The lowest BCUT2D eigenvalue weighted by Crippen LogP contribution is -1.97. The zero-order valence-corrected chi connectivity index (χ0v) is 7.39. The fraction of sp³-hybridized carbons (Fsp3) is 0.400. The van der Waals surface area contributed by atoms with E-state index in [-0.39, 0.29) is 12.4 Å². The first-order valence-corrected chi connectivity index (χ1v) is 4.08. The largest absolute Gasteiger partial charge is 0.392 e. The van der Waals surface area contributed by atoms with E-state index in [1.165, 1.54) is 0 Å². The van der Waals surface area contributed by atoms with Crippen molar-refractivity contribution in [1.82, 2.24) is 0 Å². The van der Waals surface area contributed by atoms with E-state index in [0.29, 0.717) is 11.1 Å². The molecule has 1 aromatic carbocycles. The maximum absolute atomic E-state index is 13.3. The minimum absolute atomic E-state index is 0.226. The van der Waals surface area contributed by atoms with Crippen LogP contribution in [0, 0.1) is 12.7 Å². The summed E-state index contributed by atoms with van der Waals surface area (Å²) < 4.78 is 13.3. The molecule has 0 saturated heterocycles. The van der Waals surface area contributed by atoms with Crippen molar-refractivity contribution in [2.75, 3.05) is 0 Å². The normalized spacial score (nSPS) is 10.3. The topological polar surface area (TPSA) is 20.2 Å². The van der Waals surface area contributed by atoms with Gasteiger partial charge in [0.05, 0.1) is 6.61 Å². The molecule has 0 unspecified atom stereocenters. The molecule has 0 aliphatic carbocycles. The standard InChI is InChI=1S/C10H13FO/c1-3-8-4-5-9(6-12)10(11)7(8)2/h4-5,12H,3,6H2,1-2H3. The Bertz CT molecular complexity index is 252. The molecule has 0 aromatic heterocycles. The Morgan fingerprint density at radius 1 is 1.33 bits per heavy atom. The van der Waals surface area contributed by atoms with Crippen LogP contribution in [0.25, 0.3) is 0 Å². The van der Waals surface area contributed by atoms with E-state index in [2.05, 4.69) is 0 Å². The molecule has 0 aliphatic heterocycles. The minimum atomic E-state index is -0.267. The zero-order chi connectivity index (χ0) is 9.14. The molecule has 0 aliphatic rings. The number of hydrogen-bond donors (Lipinski definition) is 1. The predicted octanol–water partition coefficient (Wildman–Crippen LogP) is 2.19. The van der Waals surface area contributed by atoms with Gasteiger partial charge < -0.3 is 5.11 Å². The minimum Gasteiger partial charge on any atom is -0.392 e. The molecule has 0 saturated carbocycles. The lowest BCUT2D eigenvalue weighted by atomic mass is 10.0. The van der Waals surface area contributed by atoms with Crippen LogP contribution in [0.3, 0.4) is 0 Å². The molecule has 1 rings (SSSR count). The molecule has 0 atom stereocenters. The van der Waals surface area contributed by atoms with Crippen molar-refractivity contribution in [3.8, 4) is 0 Å². The van der Waals surface area contributed by atoms with Gasteiger partial charge in [-0.25, -0.2) is 4.39 Å². The van der Waals surface area contributed by atoms with Crippen LogP contribution in [0.5, 0.6) is 0 Å². The van der Waals surface area contributed by atoms with Gasteiger partial charge in [-0.05, 0) is 24.5 Å². The van der Waals surface area contributed by atoms with E-state index in [1.54, 1.807) is 13.0 Å². The summed E-state index contributed by atoms with van der Waals surface area (Å²) in [6.07, 6.45) is 0.828. The van der Waals surface area contributed by atoms with Crippen molar-refractivity contribution in [3.05, 3.63) is 34.6 Å². The predicted molar refractivity (Wildman–Crippen MR) is 46.4 cm³/mol. The lowest BCUT2D eigenvalue weighted by Gasteiger charge is -2.06. The number of hydrogen-bond acceptors (Lipinski definition) is 1. The molecular weight excluding hydrogens is 155 g/mol. The highest BCUT2D eigenvalue weighted by Crippen LogP contribution is 2.17. The zero-order valence-electron chi connectivity index (χ0n) is 7.39. The average Bonchev–Trinajstić information content (AvgIpc) is 2.10. The molecule has 12 heavy (non-hydrogen) atoms. The fourth-order valence-electron chi connectivity index (χ4n) is 1.29. The summed E-state index contributed by atoms with van der Waals surface area (Å²) in [5.74, 6) is -0.267. The van der Waals surface area contributed by atoms with Crippen molar-refractivity contribution < 1.29 is 9.50 Å². The Kier molecular flexibility index (Phi) is 2.82. The quantitative estimate of drug-likeness (QED) is 0.717. The summed E-state index contributed by atoms with van der Waals surface area (Å²) in [5, 5.41) is 8.77. The number of benzene rings is 1. The second kappa shape index (κ2) is 3.68. The third-order valence-corrected chi connectivity index (χ3v) is 2.13. The smallest absolute Gasteiger partial charge is 0.131 e. The second-order valence-corrected chi connectivity index (χ2v) is 2.83. The molecule has 0 bridgehead atoms. The Morgan fingerprint density at radius 3 is 2.42 bits per heavy atom. The van der Waals surface area contributed by atoms with Crippen molar-refractivity contribution >= 4 is 0 Å². The van der Waals surface area contributed by atoms with Crippen LogP contribution < -0.4 is 0 Å². The van der Waals surface area contributed by atoms with Gasteiger partial charge in [0.25, 0.3) is 0 Å². The van der Waals surface area contributed by atoms with Crippen LogP contribution in [0.15, 0.2) is 12.1 Å². The Labute approximate surface area is 71.9 Å². The average molecular weight is 168 g/mol. The van der Waals surface area contributed by atoms with Crippen LogP contribution in [-0.2, 0) is 13.0 Å². The highest BCUT2D eigenvalue weighted by molar-refractivity contribution is 5.32. The molecular formula is C10H13FO. The molecule has 2 heteroatoms. The summed E-state index contributed by atoms with van der Waals surface area (Å²) in [7, 11) is 0. The monoisotopic (exact) mass is 168 g/mol. The van der Waals surface area contributed by atoms with E-state index in [9.17, 15) is 4.39 Å². The highest BCUT2D eigenvalue weighted by atomic mass is 19.1. The number of aliphatic hydroxyl groups is 1. The summed E-state index contributed by atoms with van der Waals surface area (Å²) in [6.45, 7) is 3.50. The molecule has 1 aromatic rings. The number of aryl methyl sites for hydroxylation is 1. The summed E-state index contributed by atoms with van der Waals surface area (Å²) in [5.41, 5.74) is 2.04. The second-order valence-electron chi connectivity index (χ2n) is 2.83. The highest BCUT2D eigenvalue weighted by Gasteiger charge is 2.06. The van der Waals surface area contributed by atoms with Gasteiger partial charge in [0.15, 0.2) is 0 Å². The number of rotatable bonds is 2. The van der Waals surface area contributed by atoms with E-state index in [0.717, 1.165) is 12.0 Å². The maximum Gasteiger partial charge on any atom is 0.131 e. The van der Waals surface area contributed by atoms with E-state index < -0.39 is 0 Å². The summed E-state index contributed by atoms with van der Waals surface area (Å²) in [4.78, 5) is 0. The molecule has 1 N–H and O–H groups in total. The number of halogens is 1. The molecule has 0 heterocycles. The SMILES string of the molecule is CCc1ccc(CO)c(F)c1C. The Balaban J connectivity index is 3.20. The molecule has 0 fully saturated rings. The van der Waals surface area contributed by atoms with Gasteiger partial charge in [0.2, 0.25) is 0 Å². The van der Waals surface area contributed by atoms with Crippen LogP contribution in [0.2, 0.25) is 0 Å². The van der Waals surface area contributed by atoms with Crippen molar-refractivity contribution in [3.63, 3.8) is 0 Å². The van der Waals surface area contributed by atoms with Gasteiger partial charge in [-0.3, -0.25) is 0 Å². The van der Waals surface area contributed by atoms with Gasteiger partial charge in [0.1, 0.15) is 5.82 Å². The molecule has 1 nitrogen and oxygen atoms in total. The van der Waals surface area contributed by atoms with Crippen LogP contribution in [-0.4, -0.2) is 5.11 Å². The summed E-state index contributed by atoms with van der Waals surface area (Å²) in [6, 6.07) is 3.51. The lowest BCUT2D eigenvalue weighted by molar-refractivity contribution is 0.275.